The fourth-order valence-corrected chi connectivity index (χ4v) is 3.75. The van der Waals surface area contributed by atoms with Crippen molar-refractivity contribution in [1.29, 1.82) is 0 Å². The van der Waals surface area contributed by atoms with E-state index in [0.717, 1.165) is 6.07 Å². The number of benzene rings is 2. The molecule has 7 nitrogen and oxygen atoms in total. The van der Waals surface area contributed by atoms with E-state index < -0.39 is 21.7 Å². The second-order valence-electron chi connectivity index (χ2n) is 5.79. The lowest BCUT2D eigenvalue weighted by atomic mass is 10.1. The highest BCUT2D eigenvalue weighted by molar-refractivity contribution is 9.10. The average Bonchev–Trinajstić information content (AvgIpc) is 3.03. The average molecular weight is 488 g/mol. The minimum Gasteiger partial charge on any atom is -0.326 e. The number of aromatic nitrogens is 2. The predicted octanol–water partition coefficient (Wildman–Crippen LogP) is 3.26. The third-order valence-electron chi connectivity index (χ3n) is 3.71. The van der Waals surface area contributed by atoms with Gasteiger partial charge in [0.15, 0.2) is 0 Å². The smallest absolute Gasteiger partial charge is 0.240 e. The second kappa shape index (κ2) is 8.00. The molecule has 0 unspecified atom stereocenters. The third-order valence-corrected chi connectivity index (χ3v) is 5.42. The highest BCUT2D eigenvalue weighted by Crippen LogP contribution is 2.25. The molecule has 2 aromatic carbocycles. The van der Waals surface area contributed by atoms with E-state index in [4.69, 9.17) is 16.7 Å². The summed E-state index contributed by atoms with van der Waals surface area (Å²) >= 11 is 9.16. The molecule has 0 aliphatic carbocycles. The minimum atomic E-state index is -4.09. The van der Waals surface area contributed by atoms with Gasteiger partial charge < -0.3 is 5.32 Å². The van der Waals surface area contributed by atoms with Crippen LogP contribution >= 0.6 is 27.5 Å². The zero-order valence-electron chi connectivity index (χ0n) is 14.1. The van der Waals surface area contributed by atoms with Gasteiger partial charge in [0.05, 0.1) is 22.8 Å². The molecule has 1 aromatic heterocycles. The van der Waals surface area contributed by atoms with Crippen LogP contribution in [0.1, 0.15) is 5.56 Å². The SMILES string of the molecule is NS(=O)(=O)c1cc(NC(=O)Cc2ccc(F)cc2Cl)ccc1-n1cc(Br)cn1. The number of hydrogen-bond donors (Lipinski definition) is 2. The van der Waals surface area contributed by atoms with Crippen molar-refractivity contribution in [2.24, 2.45) is 5.14 Å². The number of halogens is 3. The Kier molecular flexibility index (Phi) is 5.84. The van der Waals surface area contributed by atoms with Crippen molar-refractivity contribution < 1.29 is 17.6 Å². The highest BCUT2D eigenvalue weighted by Gasteiger charge is 2.18. The molecule has 3 aromatic rings. The number of hydrogen-bond acceptors (Lipinski definition) is 4. The van der Waals surface area contributed by atoms with Gasteiger partial charge in [0.2, 0.25) is 15.9 Å². The minimum absolute atomic E-state index is 0.113. The van der Waals surface area contributed by atoms with Gasteiger partial charge in [0, 0.05) is 16.9 Å². The molecule has 0 aliphatic rings. The molecule has 1 heterocycles. The Morgan fingerprint density at radius 1 is 1.29 bits per heavy atom. The Labute approximate surface area is 173 Å². The number of nitrogens with two attached hydrogens (primary N) is 1. The lowest BCUT2D eigenvalue weighted by Gasteiger charge is -2.12. The third kappa shape index (κ3) is 4.76. The fraction of sp³-hybridized carbons (Fsp3) is 0.0588. The molecule has 3 N–H and O–H groups in total. The van der Waals surface area contributed by atoms with E-state index in [1.807, 2.05) is 0 Å². The maximum absolute atomic E-state index is 13.1. The van der Waals surface area contributed by atoms with Crippen molar-refractivity contribution in [3.63, 3.8) is 0 Å². The normalized spacial score (nSPS) is 11.4. The highest BCUT2D eigenvalue weighted by atomic mass is 79.9. The van der Waals surface area contributed by atoms with E-state index in [2.05, 4.69) is 26.3 Å². The molecule has 0 bridgehead atoms. The molecule has 0 saturated carbocycles. The largest absolute Gasteiger partial charge is 0.326 e. The summed E-state index contributed by atoms with van der Waals surface area (Å²) in [6, 6.07) is 7.95. The molecule has 28 heavy (non-hydrogen) atoms. The summed E-state index contributed by atoms with van der Waals surface area (Å²) in [5.41, 5.74) is 0.889. The Hall–Kier alpha value is -2.27. The van der Waals surface area contributed by atoms with Gasteiger partial charge in [0.25, 0.3) is 0 Å². The lowest BCUT2D eigenvalue weighted by Crippen LogP contribution is -2.18. The van der Waals surface area contributed by atoms with Crippen LogP contribution in [-0.2, 0) is 21.2 Å². The maximum Gasteiger partial charge on any atom is 0.240 e. The topological polar surface area (TPSA) is 107 Å². The van der Waals surface area contributed by atoms with Crippen LogP contribution in [0.25, 0.3) is 5.69 Å². The second-order valence-corrected chi connectivity index (χ2v) is 8.64. The number of nitrogens with one attached hydrogen (secondary N) is 1. The zero-order valence-corrected chi connectivity index (χ0v) is 17.2. The summed E-state index contributed by atoms with van der Waals surface area (Å²) in [6.45, 7) is 0. The van der Waals surface area contributed by atoms with Crippen molar-refractivity contribution in [2.75, 3.05) is 5.32 Å². The molecule has 0 aliphatic heterocycles. The number of nitrogens with zero attached hydrogens (tertiary/aromatic N) is 2. The van der Waals surface area contributed by atoms with Gasteiger partial charge in [-0.25, -0.2) is 22.6 Å². The van der Waals surface area contributed by atoms with E-state index in [-0.39, 0.29) is 27.7 Å². The van der Waals surface area contributed by atoms with Gasteiger partial charge in [-0.05, 0) is 51.8 Å². The van der Waals surface area contributed by atoms with Crippen molar-refractivity contribution in [2.45, 2.75) is 11.3 Å². The molecule has 11 heteroatoms. The molecule has 0 atom stereocenters. The van der Waals surface area contributed by atoms with E-state index in [9.17, 15) is 17.6 Å². The number of carbonyl (C=O) groups is 1. The Morgan fingerprint density at radius 2 is 2.04 bits per heavy atom. The molecule has 0 fully saturated rings. The summed E-state index contributed by atoms with van der Waals surface area (Å²) in [4.78, 5) is 12.1. The molecule has 0 saturated heterocycles. The Morgan fingerprint density at radius 3 is 2.64 bits per heavy atom. The first-order valence-corrected chi connectivity index (χ1v) is 10.5. The quantitative estimate of drug-likeness (QED) is 0.576. The van der Waals surface area contributed by atoms with Crippen LogP contribution in [0, 0.1) is 5.82 Å². The van der Waals surface area contributed by atoms with Crippen molar-refractivity contribution >= 4 is 49.1 Å². The van der Waals surface area contributed by atoms with Crippen LogP contribution in [0.2, 0.25) is 5.02 Å². The first-order valence-electron chi connectivity index (χ1n) is 7.74. The number of primary sulfonamides is 1. The van der Waals surface area contributed by atoms with Crippen LogP contribution in [0.3, 0.4) is 0 Å². The van der Waals surface area contributed by atoms with Crippen molar-refractivity contribution in [3.8, 4) is 5.69 Å². The van der Waals surface area contributed by atoms with E-state index in [1.54, 1.807) is 6.20 Å². The summed E-state index contributed by atoms with van der Waals surface area (Å²) in [6.07, 6.45) is 2.95. The maximum atomic E-state index is 13.1. The van der Waals surface area contributed by atoms with E-state index >= 15 is 0 Å². The first-order chi connectivity index (χ1) is 13.1. The van der Waals surface area contributed by atoms with Crippen LogP contribution in [0.5, 0.6) is 0 Å². The summed E-state index contributed by atoms with van der Waals surface area (Å²) in [5.74, 6) is -0.962. The lowest BCUT2D eigenvalue weighted by molar-refractivity contribution is -0.115. The number of sulfonamides is 1. The van der Waals surface area contributed by atoms with Crippen LogP contribution in [0.4, 0.5) is 10.1 Å². The van der Waals surface area contributed by atoms with Crippen molar-refractivity contribution in [1.82, 2.24) is 9.78 Å². The molecular formula is C17H13BrClFN4O3S. The number of anilines is 1. The van der Waals surface area contributed by atoms with Gasteiger partial charge in [0.1, 0.15) is 10.7 Å². The van der Waals surface area contributed by atoms with Crippen LogP contribution in [-0.4, -0.2) is 24.1 Å². The van der Waals surface area contributed by atoms with Gasteiger partial charge in [-0.3, -0.25) is 4.79 Å². The monoisotopic (exact) mass is 486 g/mol. The standard InChI is InChI=1S/C17H13BrClFN4O3S/c18-11-8-22-24(9-11)15-4-3-13(7-16(15)28(21,26)27)23-17(25)5-10-1-2-12(20)6-14(10)19/h1-4,6-9H,5H2,(H,23,25)(H2,21,26,27). The number of carbonyl (C=O) groups excluding carboxylic acids is 1. The van der Waals surface area contributed by atoms with Crippen LogP contribution < -0.4 is 10.5 Å². The molecular weight excluding hydrogens is 475 g/mol. The molecule has 0 radical (unpaired) electrons. The van der Waals surface area contributed by atoms with Crippen LogP contribution in [0.15, 0.2) is 58.2 Å². The first kappa shape index (κ1) is 20.5. The number of rotatable bonds is 5. The summed E-state index contributed by atoms with van der Waals surface area (Å²) in [7, 11) is -4.09. The summed E-state index contributed by atoms with van der Waals surface area (Å²) in [5, 5.41) is 12.1. The Balaban J connectivity index is 1.87. The van der Waals surface area contributed by atoms with Gasteiger partial charge >= 0.3 is 0 Å². The predicted molar refractivity (Wildman–Crippen MR) is 106 cm³/mol. The Bertz CT molecular complexity index is 1170. The molecule has 1 amide bonds. The van der Waals surface area contributed by atoms with Crippen molar-refractivity contribution in [3.05, 3.63) is 69.7 Å². The van der Waals surface area contributed by atoms with E-state index in [1.165, 1.54) is 41.2 Å². The van der Waals surface area contributed by atoms with Gasteiger partial charge in [-0.1, -0.05) is 17.7 Å². The fourth-order valence-electron chi connectivity index (χ4n) is 2.48. The van der Waals surface area contributed by atoms with Gasteiger partial charge in [-0.15, -0.1) is 0 Å². The number of amides is 1. The molecule has 0 spiro atoms. The van der Waals surface area contributed by atoms with Gasteiger partial charge in [-0.2, -0.15) is 5.10 Å². The van der Waals surface area contributed by atoms with E-state index in [0.29, 0.717) is 10.0 Å². The summed E-state index contributed by atoms with van der Waals surface area (Å²) < 4.78 is 39.1. The molecule has 3 rings (SSSR count). The zero-order chi connectivity index (χ0) is 20.5. The molecule has 146 valence electrons.